The van der Waals surface area contributed by atoms with E-state index in [1.54, 1.807) is 6.92 Å². The van der Waals surface area contributed by atoms with Gasteiger partial charge in [-0.05, 0) is 20.1 Å². The van der Waals surface area contributed by atoms with Crippen molar-refractivity contribution >= 4 is 23.2 Å². The summed E-state index contributed by atoms with van der Waals surface area (Å²) in [6, 6.07) is 1.98. The highest BCUT2D eigenvalue weighted by molar-refractivity contribution is 7.98. The molecule has 0 fully saturated rings. The summed E-state index contributed by atoms with van der Waals surface area (Å²) in [7, 11) is 0. The molecule has 0 amide bonds. The van der Waals surface area contributed by atoms with Gasteiger partial charge < -0.3 is 5.73 Å². The van der Waals surface area contributed by atoms with E-state index in [2.05, 4.69) is 4.98 Å². The summed E-state index contributed by atoms with van der Waals surface area (Å²) in [5.74, 6) is -0.165. The molecule has 1 heterocycles. The van der Waals surface area contributed by atoms with Gasteiger partial charge in [-0.25, -0.2) is 4.98 Å². The van der Waals surface area contributed by atoms with E-state index in [9.17, 15) is 4.79 Å². The minimum atomic E-state index is -0.165. The third-order valence-electron chi connectivity index (χ3n) is 2.04. The molecule has 78 valence electrons. The fraction of sp³-hybridized carbons (Fsp3) is 0.300. The van der Waals surface area contributed by atoms with Gasteiger partial charge in [0.15, 0.2) is 5.78 Å². The molecule has 15 heavy (non-hydrogen) atoms. The number of Topliss-reactive ketones (excluding diaryl/α,β-unsaturated/α-hetero) is 1. The minimum absolute atomic E-state index is 0.165. The molecule has 0 aliphatic rings. The van der Waals surface area contributed by atoms with Crippen LogP contribution in [0.4, 0.5) is 5.69 Å². The van der Waals surface area contributed by atoms with Gasteiger partial charge in [-0.15, -0.1) is 11.8 Å². The Hall–Kier alpha value is -1.54. The lowest BCUT2D eigenvalue weighted by atomic mass is 10.1. The molecule has 0 spiro atoms. The number of rotatable bonds is 2. The van der Waals surface area contributed by atoms with Crippen molar-refractivity contribution in [1.82, 2.24) is 4.98 Å². The Kier molecular flexibility index (Phi) is 3.32. The van der Waals surface area contributed by atoms with Crippen LogP contribution in [0, 0.1) is 18.3 Å². The predicted octanol–water partition coefficient (Wildman–Crippen LogP) is 1.77. The number of carbonyl (C=O) groups excluding carboxylic acids is 1. The fourth-order valence-corrected chi connectivity index (χ4v) is 1.99. The number of nitrogens with zero attached hydrogens (tertiary/aromatic N) is 2. The number of thioether (sulfide) groups is 1. The van der Waals surface area contributed by atoms with Gasteiger partial charge in [0.1, 0.15) is 16.7 Å². The molecule has 0 aromatic carbocycles. The maximum Gasteiger partial charge on any atom is 0.163 e. The second-order valence-electron chi connectivity index (χ2n) is 3.04. The fourth-order valence-electron chi connectivity index (χ4n) is 1.40. The lowest BCUT2D eigenvalue weighted by Crippen LogP contribution is -2.08. The van der Waals surface area contributed by atoms with Gasteiger partial charge in [0.2, 0.25) is 0 Å². The third kappa shape index (κ3) is 1.95. The second-order valence-corrected chi connectivity index (χ2v) is 3.83. The Morgan fingerprint density at radius 3 is 2.60 bits per heavy atom. The number of hydrogen-bond donors (Lipinski definition) is 1. The van der Waals surface area contributed by atoms with Gasteiger partial charge in [0.05, 0.1) is 16.9 Å². The smallest absolute Gasteiger partial charge is 0.163 e. The lowest BCUT2D eigenvalue weighted by Gasteiger charge is -2.10. The second kappa shape index (κ2) is 4.32. The van der Waals surface area contributed by atoms with Crippen LogP contribution < -0.4 is 5.73 Å². The average molecular weight is 221 g/mol. The molecular weight excluding hydrogens is 210 g/mol. The van der Waals surface area contributed by atoms with Crippen LogP contribution in [-0.2, 0) is 0 Å². The molecule has 2 N–H and O–H groups in total. The van der Waals surface area contributed by atoms with Crippen LogP contribution in [0.1, 0.15) is 28.5 Å². The number of ketones is 1. The van der Waals surface area contributed by atoms with Crippen molar-refractivity contribution < 1.29 is 4.79 Å². The number of aromatic nitrogens is 1. The Morgan fingerprint density at radius 1 is 1.60 bits per heavy atom. The van der Waals surface area contributed by atoms with Gasteiger partial charge in [0.25, 0.3) is 0 Å². The van der Waals surface area contributed by atoms with Gasteiger partial charge in [0, 0.05) is 0 Å². The summed E-state index contributed by atoms with van der Waals surface area (Å²) >= 11 is 1.34. The van der Waals surface area contributed by atoms with E-state index in [1.807, 2.05) is 12.3 Å². The van der Waals surface area contributed by atoms with E-state index >= 15 is 0 Å². The molecule has 0 aliphatic carbocycles. The number of aryl methyl sites for hydroxylation is 1. The highest BCUT2D eigenvalue weighted by atomic mass is 32.2. The molecule has 1 rings (SSSR count). The van der Waals surface area contributed by atoms with E-state index in [4.69, 9.17) is 11.0 Å². The standard InChI is InChI=1S/C10H11N3OS/c1-5-8(6(2)14)9(12)7(4-11)10(13-5)15-3/h1-3H3,(H2,12,13). The molecule has 0 aliphatic heterocycles. The minimum Gasteiger partial charge on any atom is -0.397 e. The zero-order chi connectivity index (χ0) is 11.6. The highest BCUT2D eigenvalue weighted by Gasteiger charge is 2.17. The molecular formula is C10H11N3OS. The van der Waals surface area contributed by atoms with Crippen molar-refractivity contribution in [2.24, 2.45) is 0 Å². The topological polar surface area (TPSA) is 79.8 Å². The van der Waals surface area contributed by atoms with E-state index in [0.29, 0.717) is 21.8 Å². The Bertz CT molecular complexity index is 463. The summed E-state index contributed by atoms with van der Waals surface area (Å²) < 4.78 is 0. The zero-order valence-electron chi connectivity index (χ0n) is 8.79. The normalized spacial score (nSPS) is 9.73. The van der Waals surface area contributed by atoms with E-state index in [-0.39, 0.29) is 11.5 Å². The number of pyridine rings is 1. The molecule has 0 radical (unpaired) electrons. The first-order chi connectivity index (χ1) is 7.02. The van der Waals surface area contributed by atoms with Crippen molar-refractivity contribution in [1.29, 1.82) is 5.26 Å². The quantitative estimate of drug-likeness (QED) is 0.608. The molecule has 5 heteroatoms. The number of hydrogen-bond acceptors (Lipinski definition) is 5. The van der Waals surface area contributed by atoms with Crippen LogP contribution in [0.25, 0.3) is 0 Å². The number of anilines is 1. The highest BCUT2D eigenvalue weighted by Crippen LogP contribution is 2.27. The maximum atomic E-state index is 11.3. The summed E-state index contributed by atoms with van der Waals surface area (Å²) in [6.07, 6.45) is 1.81. The third-order valence-corrected chi connectivity index (χ3v) is 2.72. The van der Waals surface area contributed by atoms with Crippen LogP contribution in [0.15, 0.2) is 5.03 Å². The van der Waals surface area contributed by atoms with E-state index in [0.717, 1.165) is 0 Å². The largest absolute Gasteiger partial charge is 0.397 e. The van der Waals surface area contributed by atoms with Crippen LogP contribution in [-0.4, -0.2) is 17.0 Å². The van der Waals surface area contributed by atoms with E-state index < -0.39 is 0 Å². The summed E-state index contributed by atoms with van der Waals surface area (Å²) in [5, 5.41) is 9.50. The average Bonchev–Trinajstić information content (AvgIpc) is 2.16. The summed E-state index contributed by atoms with van der Waals surface area (Å²) in [5.41, 5.74) is 7.23. The molecule has 0 unspecified atom stereocenters. The molecule has 0 saturated heterocycles. The lowest BCUT2D eigenvalue weighted by molar-refractivity contribution is 0.101. The molecule has 4 nitrogen and oxygen atoms in total. The first-order valence-corrected chi connectivity index (χ1v) is 5.50. The number of carbonyl (C=O) groups is 1. The van der Waals surface area contributed by atoms with Crippen molar-refractivity contribution in [2.45, 2.75) is 18.9 Å². The van der Waals surface area contributed by atoms with Crippen molar-refractivity contribution in [3.63, 3.8) is 0 Å². The zero-order valence-corrected chi connectivity index (χ0v) is 9.60. The van der Waals surface area contributed by atoms with Crippen molar-refractivity contribution in [3.8, 4) is 6.07 Å². The van der Waals surface area contributed by atoms with Crippen LogP contribution in [0.5, 0.6) is 0 Å². The van der Waals surface area contributed by atoms with Gasteiger partial charge in [-0.2, -0.15) is 5.26 Å². The number of nitriles is 1. The summed E-state index contributed by atoms with van der Waals surface area (Å²) in [6.45, 7) is 3.13. The van der Waals surface area contributed by atoms with Crippen LogP contribution >= 0.6 is 11.8 Å². The van der Waals surface area contributed by atoms with Crippen molar-refractivity contribution in [2.75, 3.05) is 12.0 Å². The Balaban J connectivity index is 3.61. The predicted molar refractivity (Wildman–Crippen MR) is 59.9 cm³/mol. The first kappa shape index (κ1) is 11.5. The van der Waals surface area contributed by atoms with E-state index in [1.165, 1.54) is 18.7 Å². The van der Waals surface area contributed by atoms with Gasteiger partial charge in [-0.1, -0.05) is 0 Å². The SMILES string of the molecule is CSc1nc(C)c(C(C)=O)c(N)c1C#N. The Labute approximate surface area is 92.5 Å². The summed E-state index contributed by atoms with van der Waals surface area (Å²) in [4.78, 5) is 15.5. The molecule has 1 aromatic rings. The van der Waals surface area contributed by atoms with Gasteiger partial charge in [-0.3, -0.25) is 4.79 Å². The van der Waals surface area contributed by atoms with Crippen LogP contribution in [0.3, 0.4) is 0 Å². The van der Waals surface area contributed by atoms with Crippen LogP contribution in [0.2, 0.25) is 0 Å². The monoisotopic (exact) mass is 221 g/mol. The molecule has 0 atom stereocenters. The molecule has 0 saturated carbocycles. The van der Waals surface area contributed by atoms with Crippen molar-refractivity contribution in [3.05, 3.63) is 16.8 Å². The first-order valence-electron chi connectivity index (χ1n) is 4.28. The van der Waals surface area contributed by atoms with Gasteiger partial charge >= 0.3 is 0 Å². The Morgan fingerprint density at radius 2 is 2.20 bits per heavy atom. The number of nitrogens with two attached hydrogens (primary N) is 1. The number of nitrogen functional groups attached to an aromatic ring is 1. The maximum absolute atomic E-state index is 11.3. The molecule has 0 bridgehead atoms. The molecule has 1 aromatic heterocycles.